The number of nitrogens with one attached hydrogen (secondary N) is 1. The number of amides is 1. The normalized spacial score (nSPS) is 12.9. The number of carbonyl (C=O) groups is 1. The van der Waals surface area contributed by atoms with Crippen molar-refractivity contribution < 1.29 is 9.90 Å². The number of aryl methyl sites for hydroxylation is 2. The average Bonchev–Trinajstić information content (AvgIpc) is 2.49. The molecule has 1 heterocycles. The molecule has 0 radical (unpaired) electrons. The molecule has 0 saturated carbocycles. The highest BCUT2D eigenvalue weighted by Crippen LogP contribution is 2.11. The van der Waals surface area contributed by atoms with Crippen molar-refractivity contribution in [1.82, 2.24) is 15.1 Å². The van der Waals surface area contributed by atoms with Crippen LogP contribution in [0.25, 0.3) is 0 Å². The Morgan fingerprint density at radius 1 is 1.47 bits per heavy atom. The summed E-state index contributed by atoms with van der Waals surface area (Å²) in [5, 5.41) is 16.6. The predicted octanol–water partition coefficient (Wildman–Crippen LogP) is 0.784. The van der Waals surface area contributed by atoms with Gasteiger partial charge in [-0.25, -0.2) is 0 Å². The van der Waals surface area contributed by atoms with Gasteiger partial charge in [0.2, 0.25) is 0 Å². The van der Waals surface area contributed by atoms with Gasteiger partial charge in [-0.2, -0.15) is 5.10 Å². The van der Waals surface area contributed by atoms with E-state index in [0.29, 0.717) is 11.3 Å². The summed E-state index contributed by atoms with van der Waals surface area (Å²) >= 11 is 0. The Balaban J connectivity index is 2.71. The lowest BCUT2D eigenvalue weighted by Crippen LogP contribution is -2.35. The minimum absolute atomic E-state index is 0.131. The van der Waals surface area contributed by atoms with Gasteiger partial charge in [-0.1, -0.05) is 13.8 Å². The van der Waals surface area contributed by atoms with Crippen molar-refractivity contribution in [1.29, 1.82) is 0 Å². The van der Waals surface area contributed by atoms with Crippen molar-refractivity contribution in [2.24, 2.45) is 13.0 Å². The minimum atomic E-state index is -0.517. The summed E-state index contributed by atoms with van der Waals surface area (Å²) in [5.41, 5.74) is 2.14. The molecule has 1 atom stereocenters. The van der Waals surface area contributed by atoms with Crippen LogP contribution < -0.4 is 5.32 Å². The first-order valence-corrected chi connectivity index (χ1v) is 5.81. The summed E-state index contributed by atoms with van der Waals surface area (Å²) in [6.07, 6.45) is -0.517. The van der Waals surface area contributed by atoms with E-state index in [1.807, 2.05) is 27.8 Å². The highest BCUT2D eigenvalue weighted by molar-refractivity contribution is 5.96. The molecular formula is C12H21N3O2. The smallest absolute Gasteiger partial charge is 0.255 e. The lowest BCUT2D eigenvalue weighted by atomic mass is 10.1. The van der Waals surface area contributed by atoms with Crippen molar-refractivity contribution in [2.75, 3.05) is 6.54 Å². The van der Waals surface area contributed by atoms with Gasteiger partial charge in [0.1, 0.15) is 0 Å². The molecule has 0 aliphatic rings. The fourth-order valence-corrected chi connectivity index (χ4v) is 1.62. The summed E-state index contributed by atoms with van der Waals surface area (Å²) in [6, 6.07) is 0. The van der Waals surface area contributed by atoms with Crippen LogP contribution in [-0.4, -0.2) is 33.4 Å². The molecule has 1 unspecified atom stereocenters. The lowest BCUT2D eigenvalue weighted by molar-refractivity contribution is 0.0870. The Morgan fingerprint density at radius 3 is 2.47 bits per heavy atom. The van der Waals surface area contributed by atoms with Gasteiger partial charge in [0.15, 0.2) is 0 Å². The van der Waals surface area contributed by atoms with Crippen molar-refractivity contribution in [2.45, 2.75) is 33.8 Å². The third-order valence-corrected chi connectivity index (χ3v) is 2.98. The van der Waals surface area contributed by atoms with Crippen molar-refractivity contribution in [3.63, 3.8) is 0 Å². The Hall–Kier alpha value is -1.36. The van der Waals surface area contributed by atoms with Crippen LogP contribution in [0, 0.1) is 19.8 Å². The van der Waals surface area contributed by atoms with Gasteiger partial charge in [0.25, 0.3) is 5.91 Å². The number of nitrogens with zero attached hydrogens (tertiary/aromatic N) is 2. The average molecular weight is 239 g/mol. The van der Waals surface area contributed by atoms with Crippen molar-refractivity contribution >= 4 is 5.91 Å². The molecule has 0 saturated heterocycles. The molecule has 0 spiro atoms. The van der Waals surface area contributed by atoms with Crippen molar-refractivity contribution in [3.8, 4) is 0 Å². The van der Waals surface area contributed by atoms with E-state index in [0.717, 1.165) is 5.69 Å². The van der Waals surface area contributed by atoms with E-state index < -0.39 is 6.10 Å². The standard InChI is InChI=1S/C12H21N3O2/c1-7(2)10(16)6-13-12(17)11-8(3)14-15(5)9(11)4/h7,10,16H,6H2,1-5H3,(H,13,17). The maximum atomic E-state index is 12.0. The van der Waals surface area contributed by atoms with Crippen molar-refractivity contribution in [3.05, 3.63) is 17.0 Å². The molecule has 0 aliphatic heterocycles. The number of aliphatic hydroxyl groups excluding tert-OH is 1. The summed E-state index contributed by atoms with van der Waals surface area (Å²) in [4.78, 5) is 12.0. The molecule has 1 aromatic rings. The van der Waals surface area contributed by atoms with E-state index in [9.17, 15) is 9.90 Å². The molecule has 1 rings (SSSR count). The first-order chi connectivity index (χ1) is 7.84. The van der Waals surface area contributed by atoms with Gasteiger partial charge in [-0.05, 0) is 19.8 Å². The van der Waals surface area contributed by atoms with E-state index >= 15 is 0 Å². The van der Waals surface area contributed by atoms with Gasteiger partial charge in [0.05, 0.1) is 17.4 Å². The summed E-state index contributed by atoms with van der Waals surface area (Å²) in [6.45, 7) is 7.76. The molecule has 17 heavy (non-hydrogen) atoms. The third-order valence-electron chi connectivity index (χ3n) is 2.98. The molecule has 2 N–H and O–H groups in total. The second-order valence-electron chi connectivity index (χ2n) is 4.69. The van der Waals surface area contributed by atoms with Gasteiger partial charge in [0, 0.05) is 19.3 Å². The maximum absolute atomic E-state index is 12.0. The SMILES string of the molecule is Cc1nn(C)c(C)c1C(=O)NCC(O)C(C)C. The number of hydrogen-bond donors (Lipinski definition) is 2. The first-order valence-electron chi connectivity index (χ1n) is 5.81. The first kappa shape index (κ1) is 13.7. The fraction of sp³-hybridized carbons (Fsp3) is 0.667. The van der Waals surface area contributed by atoms with Crippen LogP contribution in [0.5, 0.6) is 0 Å². The van der Waals surface area contributed by atoms with Gasteiger partial charge in [-0.15, -0.1) is 0 Å². The molecule has 0 aliphatic carbocycles. The summed E-state index contributed by atoms with van der Waals surface area (Å²) in [5.74, 6) is -0.0424. The van der Waals surface area contributed by atoms with Crippen LogP contribution in [0.2, 0.25) is 0 Å². The Morgan fingerprint density at radius 2 is 2.06 bits per heavy atom. The van der Waals surface area contributed by atoms with Crippen LogP contribution in [0.4, 0.5) is 0 Å². The Labute approximate surface area is 102 Å². The van der Waals surface area contributed by atoms with Crippen LogP contribution >= 0.6 is 0 Å². The van der Waals surface area contributed by atoms with Crippen LogP contribution in [0.1, 0.15) is 35.6 Å². The molecule has 0 aromatic carbocycles. The number of carbonyl (C=O) groups excluding carboxylic acids is 1. The van der Waals surface area contributed by atoms with Gasteiger partial charge < -0.3 is 10.4 Å². The van der Waals surface area contributed by atoms with E-state index in [1.165, 1.54) is 0 Å². The number of aromatic nitrogens is 2. The minimum Gasteiger partial charge on any atom is -0.391 e. The van der Waals surface area contributed by atoms with Crippen LogP contribution in [0.15, 0.2) is 0 Å². The number of rotatable bonds is 4. The zero-order chi connectivity index (χ0) is 13.2. The van der Waals surface area contributed by atoms with Crippen LogP contribution in [-0.2, 0) is 7.05 Å². The molecule has 5 heteroatoms. The maximum Gasteiger partial charge on any atom is 0.255 e. The number of aliphatic hydroxyl groups is 1. The van der Waals surface area contributed by atoms with E-state index in [2.05, 4.69) is 10.4 Å². The third kappa shape index (κ3) is 3.06. The highest BCUT2D eigenvalue weighted by atomic mass is 16.3. The molecule has 0 bridgehead atoms. The predicted molar refractivity (Wildman–Crippen MR) is 65.9 cm³/mol. The highest BCUT2D eigenvalue weighted by Gasteiger charge is 2.18. The summed E-state index contributed by atoms with van der Waals surface area (Å²) in [7, 11) is 1.81. The van der Waals surface area contributed by atoms with Gasteiger partial charge in [-0.3, -0.25) is 9.48 Å². The molecule has 0 fully saturated rings. The lowest BCUT2D eigenvalue weighted by Gasteiger charge is -2.15. The van der Waals surface area contributed by atoms with E-state index in [4.69, 9.17) is 0 Å². The quantitative estimate of drug-likeness (QED) is 0.816. The Kier molecular flexibility index (Phi) is 4.28. The summed E-state index contributed by atoms with van der Waals surface area (Å²) < 4.78 is 1.68. The molecule has 1 amide bonds. The topological polar surface area (TPSA) is 67.2 Å². The largest absolute Gasteiger partial charge is 0.391 e. The zero-order valence-corrected chi connectivity index (χ0v) is 11.1. The monoisotopic (exact) mass is 239 g/mol. The number of hydrogen-bond acceptors (Lipinski definition) is 3. The zero-order valence-electron chi connectivity index (χ0n) is 11.1. The second kappa shape index (κ2) is 5.31. The fourth-order valence-electron chi connectivity index (χ4n) is 1.62. The van der Waals surface area contributed by atoms with E-state index in [1.54, 1.807) is 11.6 Å². The molecule has 5 nitrogen and oxygen atoms in total. The molecular weight excluding hydrogens is 218 g/mol. The van der Waals surface area contributed by atoms with E-state index in [-0.39, 0.29) is 18.4 Å². The van der Waals surface area contributed by atoms with Gasteiger partial charge >= 0.3 is 0 Å². The van der Waals surface area contributed by atoms with Crippen LogP contribution in [0.3, 0.4) is 0 Å². The molecule has 96 valence electrons. The Bertz CT molecular complexity index is 410. The molecule has 1 aromatic heterocycles. The second-order valence-corrected chi connectivity index (χ2v) is 4.69.